The van der Waals surface area contributed by atoms with Gasteiger partial charge in [-0.1, -0.05) is 26.0 Å². The smallest absolute Gasteiger partial charge is 0.104 e. The Bertz CT molecular complexity index is 244. The quantitative estimate of drug-likeness (QED) is 0.625. The van der Waals surface area contributed by atoms with Gasteiger partial charge in [0.15, 0.2) is 0 Å². The van der Waals surface area contributed by atoms with Crippen molar-refractivity contribution in [1.29, 1.82) is 0 Å². The molecule has 0 aliphatic rings. The molecule has 1 heterocycles. The minimum atomic E-state index is 0.712. The van der Waals surface area contributed by atoms with Gasteiger partial charge in [-0.25, -0.2) is 0 Å². The molecule has 1 rings (SSSR count). The van der Waals surface area contributed by atoms with Crippen LogP contribution in [0.4, 0.5) is 0 Å². The molecule has 0 amide bonds. The molecule has 13 heavy (non-hydrogen) atoms. The fraction of sp³-hybridized carbons (Fsp3) is 0.500. The van der Waals surface area contributed by atoms with Crippen LogP contribution in [0.1, 0.15) is 32.4 Å². The summed E-state index contributed by atoms with van der Waals surface area (Å²) in [6, 6.07) is 3.95. The Kier molecular flexibility index (Phi) is 3.81. The van der Waals surface area contributed by atoms with Crippen molar-refractivity contribution in [1.82, 2.24) is 0 Å². The van der Waals surface area contributed by atoms with Crippen LogP contribution in [0, 0.1) is 5.92 Å². The van der Waals surface area contributed by atoms with E-state index >= 15 is 0 Å². The minimum Gasteiger partial charge on any atom is -0.469 e. The molecule has 0 bridgehead atoms. The van der Waals surface area contributed by atoms with Gasteiger partial charge in [-0.05, 0) is 30.9 Å². The molecule has 0 saturated heterocycles. The number of hydrogen-bond acceptors (Lipinski definition) is 1. The van der Waals surface area contributed by atoms with Crippen molar-refractivity contribution in [2.24, 2.45) is 5.92 Å². The molecular weight excluding hydrogens is 160 g/mol. The molecule has 1 aromatic heterocycles. The first-order valence-corrected chi connectivity index (χ1v) is 4.87. The van der Waals surface area contributed by atoms with Crippen LogP contribution in [0.15, 0.2) is 35.0 Å². The Morgan fingerprint density at radius 2 is 2.31 bits per heavy atom. The number of aryl methyl sites for hydroxylation is 1. The maximum absolute atomic E-state index is 5.25. The normalized spacial score (nSPS) is 10.7. The molecule has 0 saturated carbocycles. The largest absolute Gasteiger partial charge is 0.469 e. The van der Waals surface area contributed by atoms with Gasteiger partial charge in [0.2, 0.25) is 0 Å². The van der Waals surface area contributed by atoms with Crippen molar-refractivity contribution in [3.05, 3.63) is 36.3 Å². The number of rotatable bonds is 5. The van der Waals surface area contributed by atoms with Gasteiger partial charge in [-0.3, -0.25) is 0 Å². The van der Waals surface area contributed by atoms with Gasteiger partial charge in [0.05, 0.1) is 6.26 Å². The van der Waals surface area contributed by atoms with Crippen LogP contribution in [0.3, 0.4) is 0 Å². The molecule has 1 heteroatoms. The van der Waals surface area contributed by atoms with Crippen molar-refractivity contribution in [3.63, 3.8) is 0 Å². The molecule has 0 aliphatic heterocycles. The summed E-state index contributed by atoms with van der Waals surface area (Å²) in [5.41, 5.74) is 1.33. The van der Waals surface area contributed by atoms with E-state index in [9.17, 15) is 0 Å². The average molecular weight is 178 g/mol. The van der Waals surface area contributed by atoms with E-state index in [4.69, 9.17) is 4.42 Å². The molecule has 1 nitrogen and oxygen atoms in total. The van der Waals surface area contributed by atoms with Crippen molar-refractivity contribution < 1.29 is 4.42 Å². The van der Waals surface area contributed by atoms with E-state index in [1.54, 1.807) is 6.26 Å². The van der Waals surface area contributed by atoms with Gasteiger partial charge in [0.1, 0.15) is 5.76 Å². The monoisotopic (exact) mass is 178 g/mol. The highest BCUT2D eigenvalue weighted by atomic mass is 16.3. The van der Waals surface area contributed by atoms with E-state index in [0.29, 0.717) is 5.92 Å². The fourth-order valence-electron chi connectivity index (χ4n) is 1.43. The van der Waals surface area contributed by atoms with Gasteiger partial charge in [-0.2, -0.15) is 0 Å². The van der Waals surface area contributed by atoms with Crippen LogP contribution < -0.4 is 0 Å². The van der Waals surface area contributed by atoms with E-state index in [-0.39, 0.29) is 0 Å². The predicted molar refractivity (Wildman–Crippen MR) is 55.6 cm³/mol. The summed E-state index contributed by atoms with van der Waals surface area (Å²) >= 11 is 0. The van der Waals surface area contributed by atoms with Crippen LogP contribution in [0.25, 0.3) is 0 Å². The minimum absolute atomic E-state index is 0.712. The number of furan rings is 1. The molecule has 0 N–H and O–H groups in total. The molecule has 0 fully saturated rings. The Balaban J connectivity index is 2.23. The lowest BCUT2D eigenvalue weighted by Gasteiger charge is -2.06. The van der Waals surface area contributed by atoms with Gasteiger partial charge < -0.3 is 4.42 Å². The first-order valence-electron chi connectivity index (χ1n) is 4.87. The fourth-order valence-corrected chi connectivity index (χ4v) is 1.43. The highest BCUT2D eigenvalue weighted by Gasteiger charge is 2.01. The molecule has 72 valence electrons. The average Bonchev–Trinajstić information content (AvgIpc) is 2.51. The van der Waals surface area contributed by atoms with E-state index in [1.807, 2.05) is 12.1 Å². The van der Waals surface area contributed by atoms with Crippen LogP contribution in [-0.4, -0.2) is 0 Å². The van der Waals surface area contributed by atoms with Crippen molar-refractivity contribution in [2.45, 2.75) is 33.1 Å². The van der Waals surface area contributed by atoms with Crippen molar-refractivity contribution in [3.8, 4) is 0 Å². The van der Waals surface area contributed by atoms with Crippen LogP contribution in [0.2, 0.25) is 0 Å². The lowest BCUT2D eigenvalue weighted by atomic mass is 10.0. The van der Waals surface area contributed by atoms with Crippen LogP contribution in [0.5, 0.6) is 0 Å². The maximum Gasteiger partial charge on any atom is 0.104 e. The molecule has 0 unspecified atom stereocenters. The first kappa shape index (κ1) is 10.1. The standard InChI is InChI=1S/C12H18O/c1-10(2)9-11(3)6-7-12-5-4-8-13-12/h4-5,8,10H,3,6-7,9H2,1-2H3. The molecule has 0 radical (unpaired) electrons. The lowest BCUT2D eigenvalue weighted by molar-refractivity contribution is 0.504. The Hall–Kier alpha value is -0.980. The molecule has 0 atom stereocenters. The van der Waals surface area contributed by atoms with Gasteiger partial charge in [-0.15, -0.1) is 0 Å². The Morgan fingerprint density at radius 3 is 2.85 bits per heavy atom. The summed E-state index contributed by atoms with van der Waals surface area (Å²) in [6.07, 6.45) is 4.88. The summed E-state index contributed by atoms with van der Waals surface area (Å²) in [5, 5.41) is 0. The second kappa shape index (κ2) is 4.90. The SMILES string of the molecule is C=C(CCc1ccco1)CC(C)C. The third-order valence-corrected chi connectivity index (χ3v) is 2.00. The summed E-state index contributed by atoms with van der Waals surface area (Å²) < 4.78 is 5.25. The third-order valence-electron chi connectivity index (χ3n) is 2.00. The summed E-state index contributed by atoms with van der Waals surface area (Å²) in [5.74, 6) is 1.77. The first-order chi connectivity index (χ1) is 6.18. The second-order valence-electron chi connectivity index (χ2n) is 3.93. The molecule has 0 aromatic carbocycles. The topological polar surface area (TPSA) is 13.1 Å². The Labute approximate surface area is 80.5 Å². The third kappa shape index (κ3) is 3.97. The van der Waals surface area contributed by atoms with Crippen molar-refractivity contribution in [2.75, 3.05) is 0 Å². The predicted octanol–water partition coefficient (Wildman–Crippen LogP) is 3.81. The number of allylic oxidation sites excluding steroid dienone is 1. The van der Waals surface area contributed by atoms with Crippen LogP contribution >= 0.6 is 0 Å². The van der Waals surface area contributed by atoms with Gasteiger partial charge in [0.25, 0.3) is 0 Å². The molecule has 1 aromatic rings. The van der Waals surface area contributed by atoms with Crippen LogP contribution in [-0.2, 0) is 6.42 Å². The highest BCUT2D eigenvalue weighted by molar-refractivity contribution is 5.03. The van der Waals surface area contributed by atoms with E-state index in [1.165, 1.54) is 5.57 Å². The highest BCUT2D eigenvalue weighted by Crippen LogP contribution is 2.15. The molecule has 0 aliphatic carbocycles. The second-order valence-corrected chi connectivity index (χ2v) is 3.93. The van der Waals surface area contributed by atoms with E-state index in [2.05, 4.69) is 20.4 Å². The summed E-state index contributed by atoms with van der Waals surface area (Å²) in [7, 11) is 0. The Morgan fingerprint density at radius 1 is 1.54 bits per heavy atom. The van der Waals surface area contributed by atoms with E-state index in [0.717, 1.165) is 25.0 Å². The zero-order valence-electron chi connectivity index (χ0n) is 8.55. The van der Waals surface area contributed by atoms with E-state index < -0.39 is 0 Å². The van der Waals surface area contributed by atoms with Gasteiger partial charge >= 0.3 is 0 Å². The molecular formula is C12H18O. The maximum atomic E-state index is 5.25. The van der Waals surface area contributed by atoms with Crippen molar-refractivity contribution >= 4 is 0 Å². The summed E-state index contributed by atoms with van der Waals surface area (Å²) in [4.78, 5) is 0. The summed E-state index contributed by atoms with van der Waals surface area (Å²) in [6.45, 7) is 8.49. The zero-order valence-corrected chi connectivity index (χ0v) is 8.55. The number of hydrogen-bond donors (Lipinski definition) is 0. The lowest BCUT2D eigenvalue weighted by Crippen LogP contribution is -1.92. The zero-order chi connectivity index (χ0) is 9.68. The van der Waals surface area contributed by atoms with Gasteiger partial charge in [0, 0.05) is 6.42 Å². The molecule has 0 spiro atoms.